The van der Waals surface area contributed by atoms with E-state index in [0.29, 0.717) is 11.2 Å². The second-order valence-corrected chi connectivity index (χ2v) is 6.15. The fourth-order valence-electron chi connectivity index (χ4n) is 1.79. The predicted octanol–water partition coefficient (Wildman–Crippen LogP) is 5.09. The molecule has 1 aromatic carbocycles. The Bertz CT molecular complexity index is 443. The third-order valence-electron chi connectivity index (χ3n) is 3.95. The number of carbonyl (C=O) groups is 1. The van der Waals surface area contributed by atoms with Crippen molar-refractivity contribution in [1.82, 2.24) is 0 Å². The van der Waals surface area contributed by atoms with Crippen LogP contribution in [0.4, 0.5) is 0 Å². The van der Waals surface area contributed by atoms with E-state index in [1.54, 1.807) is 18.2 Å². The predicted molar refractivity (Wildman–Crippen MR) is 84.6 cm³/mol. The van der Waals surface area contributed by atoms with E-state index in [9.17, 15) is 4.79 Å². The monoisotopic (exact) mass is 274 g/mol. The first-order valence-electron chi connectivity index (χ1n) is 7.32. The van der Waals surface area contributed by atoms with Crippen LogP contribution in [0.3, 0.4) is 0 Å². The van der Waals surface area contributed by atoms with Crippen molar-refractivity contribution in [2.24, 2.45) is 11.3 Å². The molecule has 0 saturated carbocycles. The van der Waals surface area contributed by atoms with Crippen LogP contribution in [0, 0.1) is 11.3 Å². The highest BCUT2D eigenvalue weighted by Crippen LogP contribution is 2.28. The minimum absolute atomic E-state index is 0.0695. The highest BCUT2D eigenvalue weighted by atomic mass is 16.5. The molecule has 0 spiro atoms. The molecule has 0 aromatic heterocycles. The van der Waals surface area contributed by atoms with Gasteiger partial charge in [0.15, 0.2) is 0 Å². The molecule has 0 fully saturated rings. The van der Waals surface area contributed by atoms with Gasteiger partial charge in [0.05, 0.1) is 5.92 Å². The maximum Gasteiger partial charge on any atom is 0.314 e. The molecule has 0 bridgehead atoms. The highest BCUT2D eigenvalue weighted by Gasteiger charge is 2.21. The van der Waals surface area contributed by atoms with E-state index in [2.05, 4.69) is 27.4 Å². The summed E-state index contributed by atoms with van der Waals surface area (Å²) in [5.41, 5.74) is 1.31. The molecule has 0 saturated heterocycles. The number of esters is 1. The van der Waals surface area contributed by atoms with Gasteiger partial charge in [-0.1, -0.05) is 58.9 Å². The first-order chi connectivity index (χ1) is 9.38. The summed E-state index contributed by atoms with van der Waals surface area (Å²) in [6, 6.07) is 7.39. The third-order valence-corrected chi connectivity index (χ3v) is 3.95. The Labute approximate surface area is 122 Å². The minimum Gasteiger partial charge on any atom is -0.426 e. The Kier molecular flexibility index (Phi) is 6.00. The summed E-state index contributed by atoms with van der Waals surface area (Å²) in [6.07, 6.45) is 4.79. The van der Waals surface area contributed by atoms with Gasteiger partial charge in [0.2, 0.25) is 0 Å². The van der Waals surface area contributed by atoms with E-state index >= 15 is 0 Å². The van der Waals surface area contributed by atoms with Gasteiger partial charge in [-0.25, -0.2) is 0 Å². The number of benzene rings is 1. The Morgan fingerprint density at radius 2 is 1.95 bits per heavy atom. The fourth-order valence-corrected chi connectivity index (χ4v) is 1.79. The molecule has 0 N–H and O–H groups in total. The molecule has 1 unspecified atom stereocenters. The molecule has 0 heterocycles. The third kappa shape index (κ3) is 5.20. The van der Waals surface area contributed by atoms with Gasteiger partial charge in [-0.05, 0) is 36.0 Å². The van der Waals surface area contributed by atoms with Gasteiger partial charge in [0.1, 0.15) is 5.75 Å². The normalized spacial score (nSPS) is 12.8. The smallest absolute Gasteiger partial charge is 0.314 e. The zero-order chi connectivity index (χ0) is 15.2. The molecule has 0 aliphatic rings. The molecule has 2 heteroatoms. The van der Waals surface area contributed by atoms with E-state index in [1.807, 2.05) is 19.1 Å². The molecule has 1 aromatic rings. The standard InChI is InChI=1S/C18H26O2/c1-6-15-8-10-16(11-9-15)20-17(19)14(3)12-13-18(4,5)7-2/h6,8-11,14H,1,7,12-13H2,2-5H3. The minimum atomic E-state index is -0.150. The Balaban J connectivity index is 2.50. The lowest BCUT2D eigenvalue weighted by atomic mass is 9.83. The molecule has 20 heavy (non-hydrogen) atoms. The van der Waals surface area contributed by atoms with Gasteiger partial charge < -0.3 is 4.74 Å². The second-order valence-electron chi connectivity index (χ2n) is 6.15. The zero-order valence-corrected chi connectivity index (χ0v) is 13.1. The van der Waals surface area contributed by atoms with E-state index in [-0.39, 0.29) is 11.9 Å². The van der Waals surface area contributed by atoms with Crippen molar-refractivity contribution in [3.05, 3.63) is 36.4 Å². The molecule has 0 aliphatic heterocycles. The summed E-state index contributed by atoms with van der Waals surface area (Å²) in [5.74, 6) is 0.380. The van der Waals surface area contributed by atoms with Crippen molar-refractivity contribution in [2.45, 2.75) is 47.0 Å². The van der Waals surface area contributed by atoms with Crippen molar-refractivity contribution in [1.29, 1.82) is 0 Å². The number of rotatable bonds is 7. The van der Waals surface area contributed by atoms with Crippen LogP contribution in [-0.2, 0) is 4.79 Å². The summed E-state index contributed by atoms with van der Waals surface area (Å²) in [7, 11) is 0. The molecule has 1 atom stereocenters. The maximum absolute atomic E-state index is 12.0. The topological polar surface area (TPSA) is 26.3 Å². The molecule has 1 rings (SSSR count). The van der Waals surface area contributed by atoms with Crippen LogP contribution >= 0.6 is 0 Å². The summed E-state index contributed by atoms with van der Waals surface area (Å²) in [6.45, 7) is 12.3. The van der Waals surface area contributed by atoms with Crippen molar-refractivity contribution in [3.63, 3.8) is 0 Å². The molecule has 110 valence electrons. The first kappa shape index (κ1) is 16.5. The summed E-state index contributed by atoms with van der Waals surface area (Å²) >= 11 is 0. The molecule has 0 amide bonds. The van der Waals surface area contributed by atoms with E-state index < -0.39 is 0 Å². The highest BCUT2D eigenvalue weighted by molar-refractivity contribution is 5.74. The van der Waals surface area contributed by atoms with Crippen LogP contribution in [0.2, 0.25) is 0 Å². The van der Waals surface area contributed by atoms with Gasteiger partial charge in [-0.3, -0.25) is 4.79 Å². The van der Waals surface area contributed by atoms with Crippen LogP contribution in [0.15, 0.2) is 30.8 Å². The Morgan fingerprint density at radius 1 is 1.35 bits per heavy atom. The summed E-state index contributed by atoms with van der Waals surface area (Å²) < 4.78 is 5.40. The van der Waals surface area contributed by atoms with Crippen LogP contribution in [0.25, 0.3) is 6.08 Å². The van der Waals surface area contributed by atoms with Crippen molar-refractivity contribution in [2.75, 3.05) is 0 Å². The Hall–Kier alpha value is -1.57. The van der Waals surface area contributed by atoms with Crippen LogP contribution in [0.1, 0.15) is 52.5 Å². The number of hydrogen-bond donors (Lipinski definition) is 0. The molecule has 0 radical (unpaired) electrons. The molecule has 2 nitrogen and oxygen atoms in total. The van der Waals surface area contributed by atoms with Gasteiger partial charge in [-0.15, -0.1) is 0 Å². The van der Waals surface area contributed by atoms with Crippen molar-refractivity contribution in [3.8, 4) is 5.75 Å². The quantitative estimate of drug-likeness (QED) is 0.511. The lowest BCUT2D eigenvalue weighted by molar-refractivity contribution is -0.138. The van der Waals surface area contributed by atoms with E-state index in [1.165, 1.54) is 0 Å². The van der Waals surface area contributed by atoms with E-state index in [0.717, 1.165) is 24.8 Å². The maximum atomic E-state index is 12.0. The van der Waals surface area contributed by atoms with Crippen LogP contribution in [0.5, 0.6) is 5.75 Å². The SMILES string of the molecule is C=Cc1ccc(OC(=O)C(C)CCC(C)(C)CC)cc1. The van der Waals surface area contributed by atoms with Crippen molar-refractivity contribution >= 4 is 12.0 Å². The average molecular weight is 274 g/mol. The number of ether oxygens (including phenoxy) is 1. The lowest BCUT2D eigenvalue weighted by Gasteiger charge is -2.23. The molecular formula is C18H26O2. The number of carbonyl (C=O) groups excluding carboxylic acids is 1. The van der Waals surface area contributed by atoms with E-state index in [4.69, 9.17) is 4.74 Å². The fraction of sp³-hybridized carbons (Fsp3) is 0.500. The van der Waals surface area contributed by atoms with Gasteiger partial charge in [0.25, 0.3) is 0 Å². The molecule has 0 aliphatic carbocycles. The summed E-state index contributed by atoms with van der Waals surface area (Å²) in [4.78, 5) is 12.0. The first-order valence-corrected chi connectivity index (χ1v) is 7.32. The van der Waals surface area contributed by atoms with Crippen LogP contribution < -0.4 is 4.74 Å². The average Bonchev–Trinajstić information content (AvgIpc) is 2.45. The summed E-state index contributed by atoms with van der Waals surface area (Å²) in [5, 5.41) is 0. The van der Waals surface area contributed by atoms with Gasteiger partial charge in [-0.2, -0.15) is 0 Å². The molecular weight excluding hydrogens is 248 g/mol. The number of hydrogen-bond acceptors (Lipinski definition) is 2. The van der Waals surface area contributed by atoms with Crippen molar-refractivity contribution < 1.29 is 9.53 Å². The largest absolute Gasteiger partial charge is 0.426 e. The lowest BCUT2D eigenvalue weighted by Crippen LogP contribution is -2.20. The van der Waals surface area contributed by atoms with Crippen LogP contribution in [-0.4, -0.2) is 5.97 Å². The zero-order valence-electron chi connectivity index (χ0n) is 13.1. The Morgan fingerprint density at radius 3 is 2.45 bits per heavy atom. The van der Waals surface area contributed by atoms with Gasteiger partial charge in [0, 0.05) is 0 Å². The van der Waals surface area contributed by atoms with Gasteiger partial charge >= 0.3 is 5.97 Å². The second kappa shape index (κ2) is 7.28.